The number of aliphatic hydroxyl groups excluding tert-OH is 1. The predicted octanol–water partition coefficient (Wildman–Crippen LogP) is 7.40. The number of ether oxygens (including phenoxy) is 1. The van der Waals surface area contributed by atoms with Crippen molar-refractivity contribution in [2.75, 3.05) is 38.6 Å². The van der Waals surface area contributed by atoms with E-state index in [1.54, 1.807) is 17.3 Å². The molecule has 294 valence electrons. The fourth-order valence-corrected chi connectivity index (χ4v) is 9.88. The maximum atomic E-state index is 12.4. The smallest absolute Gasteiger partial charge is 0.0967 e. The summed E-state index contributed by atoms with van der Waals surface area (Å²) in [6.45, 7) is 8.59. The zero-order valence-electron chi connectivity index (χ0n) is 30.6. The monoisotopic (exact) mass is 896 g/mol. The largest absolute Gasteiger partial charge is 0.310 e. The maximum Gasteiger partial charge on any atom is 0.0967 e. The van der Waals surface area contributed by atoms with E-state index in [0.717, 1.165) is 19.2 Å². The van der Waals surface area contributed by atoms with Crippen LogP contribution in [0.3, 0.4) is 0 Å². The summed E-state index contributed by atoms with van der Waals surface area (Å²) in [6, 6.07) is 44.2. The summed E-state index contributed by atoms with van der Waals surface area (Å²) in [4.78, 5) is 18.2. The van der Waals surface area contributed by atoms with Crippen molar-refractivity contribution in [3.05, 3.63) is 146 Å². The summed E-state index contributed by atoms with van der Waals surface area (Å²) < 4.78 is 52.6. The Labute approximate surface area is 334 Å². The molecular weight excluding hydrogens is 845 g/mol. The second-order valence-corrected chi connectivity index (χ2v) is 16.2. The third-order valence-corrected chi connectivity index (χ3v) is 12.8. The first-order valence-electron chi connectivity index (χ1n) is 16.9. The molecule has 0 aliphatic carbocycles. The molecular formula is C41H51ClF4NO4P2Ru+3. The molecule has 0 radical (unpaired) electrons. The molecule has 0 fully saturated rings. The number of halogens is 5. The van der Waals surface area contributed by atoms with Crippen molar-refractivity contribution in [3.63, 3.8) is 0 Å². The third kappa shape index (κ3) is 21.1. The SMILES string of the molecule is CC=CC(F)(F)C(=O)OCC.CC=CC(F)(F)CO.[CH-]=O.[Cl][RuH+2].c1ccc([PH+](CCNCC[PH+](c2ccccc2)c2ccccc2)c2ccccc2)cc1. The van der Waals surface area contributed by atoms with E-state index < -0.39 is 40.3 Å². The van der Waals surface area contributed by atoms with Gasteiger partial charge in [-0.3, -0.25) is 6.79 Å². The predicted molar refractivity (Wildman–Crippen MR) is 221 cm³/mol. The van der Waals surface area contributed by atoms with Gasteiger partial charge in [0.1, 0.15) is 6.61 Å². The average Bonchev–Trinajstić information content (AvgIpc) is 3.21. The van der Waals surface area contributed by atoms with Crippen molar-refractivity contribution in [1.82, 2.24) is 5.32 Å². The van der Waals surface area contributed by atoms with Gasteiger partial charge in [0.15, 0.2) is 0 Å². The van der Waals surface area contributed by atoms with Crippen LogP contribution in [0.1, 0.15) is 20.8 Å². The number of carbonyl (C=O) groups excluding carboxylic acids is 2. The Kier molecular flexibility index (Phi) is 29.4. The van der Waals surface area contributed by atoms with Gasteiger partial charge in [-0.2, -0.15) is 17.6 Å². The van der Waals surface area contributed by atoms with Crippen LogP contribution in [0.2, 0.25) is 0 Å². The second-order valence-electron chi connectivity index (χ2n) is 10.9. The number of hydrogen-bond donors (Lipinski definition) is 2. The molecule has 0 spiro atoms. The Hall–Kier alpha value is -3.09. The summed E-state index contributed by atoms with van der Waals surface area (Å²) >= 11 is 1.62. The van der Waals surface area contributed by atoms with Crippen molar-refractivity contribution >= 4 is 59.5 Å². The standard InChI is InChI=1S/C28H29NP2.C7H10F2O2.C5H8F2O.CHO.ClH.Ru.H/c1-5-13-25(14-6-1)30(26-15-7-2-8-16-26)23-21-29-22-24-31(27-17-9-3-10-18-27)28-19-11-4-12-20-28;1-3-5-7(8,9)6(10)11-4-2;1-2-3-5(6,7)4-8;1-2;;;/h1-20,29H,21-24H2;3,5H,4H2,1-2H3;2-3,8H,4H2,1H3;1H;1H;;/q;;;-1;;+3;/p+1. The van der Waals surface area contributed by atoms with Gasteiger partial charge >= 0.3 is 38.9 Å². The van der Waals surface area contributed by atoms with Crippen LogP contribution < -0.4 is 26.5 Å². The number of nitrogens with one attached hydrogen (secondary N) is 1. The minimum absolute atomic E-state index is 0.0357. The summed E-state index contributed by atoms with van der Waals surface area (Å²) in [5, 5.41) is 17.7. The molecule has 4 aromatic carbocycles. The Bertz CT molecular complexity index is 1400. The Morgan fingerprint density at radius 2 is 1.02 bits per heavy atom. The summed E-state index contributed by atoms with van der Waals surface area (Å²) in [6.07, 6.45) is 5.89. The summed E-state index contributed by atoms with van der Waals surface area (Å²) in [7, 11) is 3.09. The molecule has 54 heavy (non-hydrogen) atoms. The topological polar surface area (TPSA) is 75.6 Å². The molecule has 0 amide bonds. The number of alkyl halides is 4. The van der Waals surface area contributed by atoms with Crippen molar-refractivity contribution in [2.24, 2.45) is 0 Å². The molecule has 2 N–H and O–H groups in total. The first-order valence-corrected chi connectivity index (χ1v) is 22.7. The normalized spacial score (nSPS) is 11.0. The first-order chi connectivity index (χ1) is 26.1. The van der Waals surface area contributed by atoms with Gasteiger partial charge < -0.3 is 20.0 Å². The number of allylic oxidation sites excluding steroid dienone is 2. The van der Waals surface area contributed by atoms with E-state index in [2.05, 4.69) is 148 Å². The Morgan fingerprint density at radius 3 is 1.26 bits per heavy atom. The number of aliphatic hydroxyl groups is 1. The molecule has 0 saturated heterocycles. The van der Waals surface area contributed by atoms with E-state index >= 15 is 0 Å². The van der Waals surface area contributed by atoms with Gasteiger partial charge in [0.2, 0.25) is 0 Å². The molecule has 5 nitrogen and oxygen atoms in total. The van der Waals surface area contributed by atoms with Crippen LogP contribution in [0.15, 0.2) is 146 Å². The maximum absolute atomic E-state index is 12.4. The van der Waals surface area contributed by atoms with Crippen LogP contribution in [-0.2, 0) is 31.6 Å². The van der Waals surface area contributed by atoms with E-state index in [9.17, 15) is 22.4 Å². The van der Waals surface area contributed by atoms with Crippen LogP contribution in [0, 0.1) is 0 Å². The summed E-state index contributed by atoms with van der Waals surface area (Å²) in [5.41, 5.74) is 0. The van der Waals surface area contributed by atoms with Crippen molar-refractivity contribution < 1.29 is 54.3 Å². The van der Waals surface area contributed by atoms with Gasteiger partial charge in [0, 0.05) is 13.1 Å². The fourth-order valence-electron chi connectivity index (χ4n) is 4.82. The van der Waals surface area contributed by atoms with Gasteiger partial charge in [0.25, 0.3) is 5.92 Å². The van der Waals surface area contributed by atoms with Crippen LogP contribution in [0.5, 0.6) is 0 Å². The summed E-state index contributed by atoms with van der Waals surface area (Å²) in [5.74, 6) is -8.02. The number of rotatable bonds is 15. The molecule has 0 aliphatic rings. The average molecular weight is 896 g/mol. The quantitative estimate of drug-likeness (QED) is 0.0190. The number of benzene rings is 4. The molecule has 0 heterocycles. The van der Waals surface area contributed by atoms with Gasteiger partial charge in [-0.15, -0.1) is 0 Å². The zero-order valence-corrected chi connectivity index (χ0v) is 35.2. The Morgan fingerprint density at radius 1 is 0.704 bits per heavy atom. The number of carbonyl (C=O) groups is 1. The van der Waals surface area contributed by atoms with Crippen LogP contribution in [0.4, 0.5) is 17.6 Å². The van der Waals surface area contributed by atoms with Gasteiger partial charge in [-0.05, 0) is 81.5 Å². The first kappa shape index (κ1) is 50.9. The molecule has 0 bridgehead atoms. The van der Waals surface area contributed by atoms with Gasteiger partial charge in [-0.25, -0.2) is 4.79 Å². The molecule has 0 saturated carbocycles. The van der Waals surface area contributed by atoms with E-state index in [1.165, 1.54) is 60.4 Å². The van der Waals surface area contributed by atoms with E-state index in [1.807, 2.05) is 0 Å². The van der Waals surface area contributed by atoms with Crippen LogP contribution >= 0.6 is 25.5 Å². The zero-order chi connectivity index (χ0) is 40.7. The van der Waals surface area contributed by atoms with Gasteiger partial charge in [-0.1, -0.05) is 84.9 Å². The van der Waals surface area contributed by atoms with Crippen LogP contribution in [0.25, 0.3) is 0 Å². The van der Waals surface area contributed by atoms with Crippen LogP contribution in [-0.4, -0.2) is 68.3 Å². The molecule has 13 heteroatoms. The molecule has 4 aromatic rings. The number of hydrogen-bond acceptors (Lipinski definition) is 5. The molecule has 0 aromatic heterocycles. The molecule has 0 atom stereocenters. The number of esters is 1. The van der Waals surface area contributed by atoms with E-state index in [-0.39, 0.29) is 6.61 Å². The van der Waals surface area contributed by atoms with E-state index in [0.29, 0.717) is 12.2 Å². The minimum Gasteiger partial charge on any atom is -0.310 e. The fraction of sp³-hybridized carbons (Fsp3) is 0.268. The minimum atomic E-state index is -3.48. The molecule has 0 unspecified atom stereocenters. The third-order valence-electron chi connectivity index (χ3n) is 7.14. The van der Waals surface area contributed by atoms with Crippen molar-refractivity contribution in [1.29, 1.82) is 0 Å². The van der Waals surface area contributed by atoms with Crippen molar-refractivity contribution in [3.8, 4) is 0 Å². The molecule has 4 rings (SSSR count). The molecule has 0 aliphatic heterocycles. The van der Waals surface area contributed by atoms with Crippen molar-refractivity contribution in [2.45, 2.75) is 32.6 Å². The van der Waals surface area contributed by atoms with Gasteiger partial charge in [0.05, 0.1) is 56.0 Å². The Balaban J connectivity index is 0.00000101. The van der Waals surface area contributed by atoms with E-state index in [4.69, 9.17) is 9.90 Å². The second kappa shape index (κ2) is 31.2.